The van der Waals surface area contributed by atoms with Gasteiger partial charge in [-0.3, -0.25) is 0 Å². The summed E-state index contributed by atoms with van der Waals surface area (Å²) in [4.78, 5) is 0. The molecule has 0 aliphatic heterocycles. The van der Waals surface area contributed by atoms with Gasteiger partial charge in [-0.05, 0) is 0 Å². The van der Waals surface area contributed by atoms with Crippen molar-refractivity contribution in [3.63, 3.8) is 0 Å². The summed E-state index contributed by atoms with van der Waals surface area (Å²) in [5.41, 5.74) is 0. The zero-order valence-electron chi connectivity index (χ0n) is 7.02. The van der Waals surface area contributed by atoms with Gasteiger partial charge in [0.1, 0.15) is 0 Å². The molecule has 0 N–H and O–H groups in total. The van der Waals surface area contributed by atoms with Gasteiger partial charge in [0.2, 0.25) is 0 Å². The van der Waals surface area contributed by atoms with Gasteiger partial charge in [-0.2, -0.15) is 0 Å². The summed E-state index contributed by atoms with van der Waals surface area (Å²) < 4.78 is 104. The Hall–Kier alpha value is 2.26. The minimum Gasteiger partial charge on any atom is 3.00 e. The van der Waals surface area contributed by atoms with Gasteiger partial charge in [-0.25, -0.2) is 0 Å². The molecule has 12 nitrogen and oxygen atoms in total. The molecule has 0 aromatic rings. The van der Waals surface area contributed by atoms with Gasteiger partial charge in [0.25, 0.3) is 0 Å². The molecular formula is Mo3O12Sb2. The minimum absolute atomic E-state index is 0. The first-order valence-electron chi connectivity index (χ1n) is 2.00. The van der Waals surface area contributed by atoms with E-state index in [4.69, 9.17) is 42.9 Å². The van der Waals surface area contributed by atoms with Gasteiger partial charge in [0.05, 0.1) is 0 Å². The van der Waals surface area contributed by atoms with Crippen LogP contribution in [0.4, 0.5) is 0 Å². The Labute approximate surface area is 140 Å². The van der Waals surface area contributed by atoms with E-state index in [-0.39, 0.29) is 48.9 Å². The monoisotopic (exact) mass is 727 g/mol. The molecule has 0 fully saturated rings. The third-order valence-electron chi connectivity index (χ3n) is 0. The Morgan fingerprint density at radius 3 is 0.412 bits per heavy atom. The standard InChI is InChI=1S/3Mo.12O.2Sb/q;;;;;;;;;6*-1;2*+3. The van der Waals surface area contributed by atoms with E-state index in [1.807, 2.05) is 0 Å². The third-order valence-corrected chi connectivity index (χ3v) is 0. The minimum atomic E-state index is -6.02. The topological polar surface area (TPSA) is 241 Å². The van der Waals surface area contributed by atoms with Crippen LogP contribution in [0.5, 0.6) is 0 Å². The summed E-state index contributed by atoms with van der Waals surface area (Å²) in [5, 5.41) is 0. The van der Waals surface area contributed by atoms with Crippen molar-refractivity contribution in [2.24, 2.45) is 0 Å². The fourth-order valence-electron chi connectivity index (χ4n) is 0. The van der Waals surface area contributed by atoms with E-state index in [9.17, 15) is 0 Å². The van der Waals surface area contributed by atoms with Crippen LogP contribution in [-0.4, -0.2) is 48.9 Å². The van der Waals surface area contributed by atoms with E-state index in [2.05, 4.69) is 0 Å². The molecule has 0 aromatic heterocycles. The molecule has 0 aromatic carbocycles. The van der Waals surface area contributed by atoms with Crippen molar-refractivity contribution in [3.8, 4) is 0 Å². The molecule has 17 heavy (non-hydrogen) atoms. The molecule has 0 unspecified atom stereocenters. The molecule has 0 atom stereocenters. The molecule has 0 amide bonds. The Bertz CT molecular complexity index is 341. The van der Waals surface area contributed by atoms with Crippen LogP contribution in [0.25, 0.3) is 0 Å². The molecule has 0 heterocycles. The van der Waals surface area contributed by atoms with Crippen LogP contribution >= 0.6 is 0 Å². The van der Waals surface area contributed by atoms with Gasteiger partial charge < -0.3 is 0 Å². The number of hydrogen-bond donors (Lipinski definition) is 0. The number of rotatable bonds is 0. The van der Waals surface area contributed by atoms with Crippen molar-refractivity contribution in [1.82, 2.24) is 0 Å². The second kappa shape index (κ2) is 13.3. The van der Waals surface area contributed by atoms with Crippen molar-refractivity contribution in [1.29, 1.82) is 0 Å². The fourth-order valence-corrected chi connectivity index (χ4v) is 0. The van der Waals surface area contributed by atoms with Crippen molar-refractivity contribution < 1.29 is 93.2 Å². The molecule has 0 aliphatic rings. The molecule has 4 radical (unpaired) electrons. The predicted molar refractivity (Wildman–Crippen MR) is 15.6 cm³/mol. The molecule has 0 aliphatic carbocycles. The SMILES string of the molecule is [O]=[Mo](=[O])([O-])[O-].[O]=[Mo](=[O])([O-])[O-].[O]=[Mo](=[O])([O-])[O-].[Sb+3].[Sb+3]. The Kier molecular flexibility index (Phi) is 24.6. The van der Waals surface area contributed by atoms with Gasteiger partial charge >= 0.3 is 142 Å². The van der Waals surface area contributed by atoms with Crippen LogP contribution in [0.3, 0.4) is 0 Å². The van der Waals surface area contributed by atoms with Gasteiger partial charge in [0, 0.05) is 0 Å². The summed E-state index contributed by atoms with van der Waals surface area (Å²) in [7, 11) is 0. The largest absolute Gasteiger partial charge is 3.00 e. The van der Waals surface area contributed by atoms with Crippen molar-refractivity contribution in [3.05, 3.63) is 0 Å². The molecular weight excluding hydrogens is 723 g/mol. The predicted octanol–water partition coefficient (Wildman–Crippen LogP) is -8.62. The van der Waals surface area contributed by atoms with Crippen LogP contribution in [0.15, 0.2) is 0 Å². The van der Waals surface area contributed by atoms with E-state index >= 15 is 0 Å². The first kappa shape index (κ1) is 31.6. The van der Waals surface area contributed by atoms with E-state index in [0.29, 0.717) is 0 Å². The maximum Gasteiger partial charge on any atom is 3.00 e. The summed E-state index contributed by atoms with van der Waals surface area (Å²) in [6.07, 6.45) is 0. The summed E-state index contributed by atoms with van der Waals surface area (Å²) in [6.45, 7) is 0. The summed E-state index contributed by atoms with van der Waals surface area (Å²) >= 11 is -18.1. The first-order valence-corrected chi connectivity index (χ1v) is 11.8. The van der Waals surface area contributed by atoms with Gasteiger partial charge in [0.15, 0.2) is 0 Å². The molecule has 0 bridgehead atoms. The first-order chi connectivity index (χ1) is 6.00. The smallest absolute Gasteiger partial charge is 3.00 e. The van der Waals surface area contributed by atoms with E-state index in [1.165, 1.54) is 0 Å². The maximum atomic E-state index is 8.63. The number of hydrogen-bond acceptors (Lipinski definition) is 12. The summed E-state index contributed by atoms with van der Waals surface area (Å²) in [6, 6.07) is 0. The molecule has 0 spiro atoms. The van der Waals surface area contributed by atoms with Gasteiger partial charge in [-0.1, -0.05) is 0 Å². The van der Waals surface area contributed by atoms with Crippen LogP contribution < -0.4 is 22.6 Å². The molecule has 100 valence electrons. The van der Waals surface area contributed by atoms with E-state index in [0.717, 1.165) is 0 Å². The van der Waals surface area contributed by atoms with Crippen LogP contribution in [0.1, 0.15) is 0 Å². The molecule has 0 saturated heterocycles. The Morgan fingerprint density at radius 1 is 0.412 bits per heavy atom. The van der Waals surface area contributed by atoms with Crippen LogP contribution in [-0.2, 0) is 70.6 Å². The summed E-state index contributed by atoms with van der Waals surface area (Å²) in [5.74, 6) is 0. The van der Waals surface area contributed by atoms with Crippen LogP contribution in [0.2, 0.25) is 0 Å². The zero-order chi connectivity index (χ0) is 13.5. The normalized spacial score (nSPS) is 10.2. The quantitative estimate of drug-likeness (QED) is 0.212. The Balaban J connectivity index is -0.0000000400. The average Bonchev–Trinajstić information content (AvgIpc) is 1.41. The Morgan fingerprint density at radius 2 is 0.412 bits per heavy atom. The van der Waals surface area contributed by atoms with Crippen molar-refractivity contribution >= 4 is 48.9 Å². The fraction of sp³-hybridized carbons (Fsp3) is 0. The average molecular weight is 723 g/mol. The van der Waals surface area contributed by atoms with Gasteiger partial charge in [-0.15, -0.1) is 0 Å². The van der Waals surface area contributed by atoms with Crippen molar-refractivity contribution in [2.45, 2.75) is 0 Å². The third kappa shape index (κ3) is 944. The second-order valence-electron chi connectivity index (χ2n) is 1.22. The van der Waals surface area contributed by atoms with Crippen molar-refractivity contribution in [2.75, 3.05) is 0 Å². The second-order valence-corrected chi connectivity index (χ2v) is 7.25. The van der Waals surface area contributed by atoms with E-state index in [1.54, 1.807) is 0 Å². The van der Waals surface area contributed by atoms with Crippen LogP contribution in [0, 0.1) is 0 Å². The molecule has 0 rings (SSSR count). The molecule has 17 heteroatoms. The molecule has 0 saturated carbocycles. The zero-order valence-corrected chi connectivity index (χ0v) is 18.1. The van der Waals surface area contributed by atoms with E-state index < -0.39 is 50.2 Å². The maximum absolute atomic E-state index is 8.63.